The van der Waals surface area contributed by atoms with E-state index in [2.05, 4.69) is 42.5 Å². The number of rotatable bonds is 8. The average molecular weight is 723 g/mol. The standard InChI is InChI=1S/C32H22Br2FN3O4S/c33-21-9-12-24(13-10-21)38-29(39)18-28(32(38)42)43-25-8-4-7-23(17-25)36-31(41)27(16-20-15-22(34)11-14-26(20)35)37-30(40)19-5-2-1-3-6-19/h1-17,28H,18H2,(H,36,41)(H,37,40)/b27-16-/t28-/m1/s1. The highest BCUT2D eigenvalue weighted by atomic mass is 79.9. The highest BCUT2D eigenvalue weighted by molar-refractivity contribution is 9.10. The Balaban J connectivity index is 1.34. The van der Waals surface area contributed by atoms with Crippen molar-refractivity contribution in [1.29, 1.82) is 0 Å². The van der Waals surface area contributed by atoms with Crippen molar-refractivity contribution in [1.82, 2.24) is 5.32 Å². The molecule has 1 heterocycles. The van der Waals surface area contributed by atoms with E-state index in [1.165, 1.54) is 40.9 Å². The number of anilines is 2. The van der Waals surface area contributed by atoms with Crippen LogP contribution < -0.4 is 15.5 Å². The fraction of sp³-hybridized carbons (Fsp3) is 0.0625. The predicted molar refractivity (Wildman–Crippen MR) is 172 cm³/mol. The maximum Gasteiger partial charge on any atom is 0.272 e. The van der Waals surface area contributed by atoms with E-state index in [0.717, 1.165) is 4.47 Å². The summed E-state index contributed by atoms with van der Waals surface area (Å²) in [6, 6.07) is 26.3. The van der Waals surface area contributed by atoms with Gasteiger partial charge >= 0.3 is 0 Å². The van der Waals surface area contributed by atoms with Crippen LogP contribution in [0, 0.1) is 5.82 Å². The summed E-state index contributed by atoms with van der Waals surface area (Å²) in [4.78, 5) is 54.0. The maximum absolute atomic E-state index is 14.6. The van der Waals surface area contributed by atoms with Crippen molar-refractivity contribution in [2.45, 2.75) is 16.6 Å². The van der Waals surface area contributed by atoms with Crippen molar-refractivity contribution in [2.24, 2.45) is 0 Å². The van der Waals surface area contributed by atoms with Gasteiger partial charge in [-0.1, -0.05) is 56.1 Å². The molecular weight excluding hydrogens is 701 g/mol. The molecule has 0 aliphatic carbocycles. The second kappa shape index (κ2) is 13.5. The van der Waals surface area contributed by atoms with Gasteiger partial charge in [-0.15, -0.1) is 11.8 Å². The SMILES string of the molecule is O=C(Nc1cccc(S[C@@H]2CC(=O)N(c3ccc(Br)cc3)C2=O)c1)/C(=C/c1cc(Br)ccc1F)NC(=O)c1ccccc1. The Hall–Kier alpha value is -4.06. The van der Waals surface area contributed by atoms with Gasteiger partial charge in [-0.2, -0.15) is 0 Å². The summed E-state index contributed by atoms with van der Waals surface area (Å²) in [5.74, 6) is -2.41. The van der Waals surface area contributed by atoms with Gasteiger partial charge < -0.3 is 10.6 Å². The zero-order chi connectivity index (χ0) is 30.5. The van der Waals surface area contributed by atoms with E-state index >= 15 is 0 Å². The molecule has 2 N–H and O–H groups in total. The summed E-state index contributed by atoms with van der Waals surface area (Å²) in [6.45, 7) is 0. The monoisotopic (exact) mass is 721 g/mol. The number of imide groups is 1. The van der Waals surface area contributed by atoms with Crippen molar-refractivity contribution in [3.8, 4) is 0 Å². The minimum absolute atomic E-state index is 0.0345. The van der Waals surface area contributed by atoms with Crippen molar-refractivity contribution in [2.75, 3.05) is 10.2 Å². The lowest BCUT2D eigenvalue weighted by atomic mass is 10.1. The van der Waals surface area contributed by atoms with Crippen LogP contribution in [0.25, 0.3) is 6.08 Å². The third-order valence-corrected chi connectivity index (χ3v) is 8.55. The molecule has 4 amide bonds. The van der Waals surface area contributed by atoms with Crippen LogP contribution in [0.2, 0.25) is 0 Å². The van der Waals surface area contributed by atoms with Gasteiger partial charge in [0.05, 0.1) is 10.9 Å². The normalized spacial score (nSPS) is 15.0. The molecule has 5 rings (SSSR count). The third kappa shape index (κ3) is 7.48. The fourth-order valence-corrected chi connectivity index (χ4v) is 6.05. The van der Waals surface area contributed by atoms with E-state index in [1.807, 2.05) is 0 Å². The van der Waals surface area contributed by atoms with E-state index in [-0.39, 0.29) is 29.5 Å². The molecule has 0 bridgehead atoms. The molecule has 7 nitrogen and oxygen atoms in total. The number of halogens is 3. The van der Waals surface area contributed by atoms with Crippen molar-refractivity contribution >= 4 is 84.7 Å². The summed E-state index contributed by atoms with van der Waals surface area (Å²) >= 11 is 7.87. The minimum atomic E-state index is -0.681. The van der Waals surface area contributed by atoms with Gasteiger partial charge in [-0.3, -0.25) is 19.2 Å². The second-order valence-electron chi connectivity index (χ2n) is 9.38. The van der Waals surface area contributed by atoms with Gasteiger partial charge in [0, 0.05) is 37.1 Å². The van der Waals surface area contributed by atoms with Crippen LogP contribution in [-0.4, -0.2) is 28.9 Å². The van der Waals surface area contributed by atoms with E-state index in [9.17, 15) is 23.6 Å². The summed E-state index contributed by atoms with van der Waals surface area (Å²) in [5.41, 5.74) is 1.12. The first-order valence-electron chi connectivity index (χ1n) is 12.9. The molecule has 1 aliphatic rings. The average Bonchev–Trinajstić information content (AvgIpc) is 3.27. The Morgan fingerprint density at radius 1 is 0.884 bits per heavy atom. The molecular formula is C32H22Br2FN3O4S. The Kier molecular flexibility index (Phi) is 9.54. The summed E-state index contributed by atoms with van der Waals surface area (Å²) in [7, 11) is 0. The molecule has 1 saturated heterocycles. The minimum Gasteiger partial charge on any atom is -0.321 e. The number of hydrogen-bond acceptors (Lipinski definition) is 5. The molecule has 0 radical (unpaired) electrons. The van der Waals surface area contributed by atoms with E-state index in [0.29, 0.717) is 26.3 Å². The fourth-order valence-electron chi connectivity index (χ4n) is 4.29. The smallest absolute Gasteiger partial charge is 0.272 e. The topological polar surface area (TPSA) is 95.6 Å². The number of thioether (sulfide) groups is 1. The number of amides is 4. The molecule has 216 valence electrons. The molecule has 4 aromatic carbocycles. The van der Waals surface area contributed by atoms with Crippen LogP contribution in [-0.2, 0) is 14.4 Å². The molecule has 1 fully saturated rings. The van der Waals surface area contributed by atoms with E-state index < -0.39 is 22.9 Å². The van der Waals surface area contributed by atoms with E-state index in [1.54, 1.807) is 78.9 Å². The van der Waals surface area contributed by atoms with Crippen molar-refractivity contribution in [3.63, 3.8) is 0 Å². The van der Waals surface area contributed by atoms with Gasteiger partial charge in [-0.25, -0.2) is 9.29 Å². The number of nitrogens with one attached hydrogen (secondary N) is 2. The van der Waals surface area contributed by atoms with Gasteiger partial charge in [0.2, 0.25) is 11.8 Å². The molecule has 0 unspecified atom stereocenters. The van der Waals surface area contributed by atoms with Gasteiger partial charge in [-0.05, 0) is 78.9 Å². The lowest BCUT2D eigenvalue weighted by Crippen LogP contribution is -2.31. The van der Waals surface area contributed by atoms with Gasteiger partial charge in [0.25, 0.3) is 11.8 Å². The zero-order valence-corrected chi connectivity index (χ0v) is 26.2. The first-order valence-corrected chi connectivity index (χ1v) is 15.4. The third-order valence-electron chi connectivity index (χ3n) is 6.35. The number of hydrogen-bond donors (Lipinski definition) is 2. The molecule has 43 heavy (non-hydrogen) atoms. The highest BCUT2D eigenvalue weighted by Gasteiger charge is 2.40. The largest absolute Gasteiger partial charge is 0.321 e. The molecule has 0 saturated carbocycles. The molecule has 1 aliphatic heterocycles. The molecule has 0 aromatic heterocycles. The Labute approximate surface area is 267 Å². The molecule has 0 spiro atoms. The van der Waals surface area contributed by atoms with Crippen LogP contribution in [0.1, 0.15) is 22.3 Å². The first kappa shape index (κ1) is 30.4. The lowest BCUT2D eigenvalue weighted by Gasteiger charge is -2.15. The second-order valence-corrected chi connectivity index (χ2v) is 12.5. The Bertz CT molecular complexity index is 1750. The van der Waals surface area contributed by atoms with E-state index in [4.69, 9.17) is 0 Å². The van der Waals surface area contributed by atoms with Crippen LogP contribution in [0.3, 0.4) is 0 Å². The van der Waals surface area contributed by atoms with Crippen LogP contribution in [0.15, 0.2) is 117 Å². The summed E-state index contributed by atoms with van der Waals surface area (Å²) < 4.78 is 16.0. The summed E-state index contributed by atoms with van der Waals surface area (Å²) in [5, 5.41) is 4.69. The predicted octanol–water partition coefficient (Wildman–Crippen LogP) is 7.18. The zero-order valence-electron chi connectivity index (χ0n) is 22.2. The Morgan fingerprint density at radius 2 is 1.60 bits per heavy atom. The van der Waals surface area contributed by atoms with Crippen molar-refractivity contribution < 1.29 is 23.6 Å². The number of nitrogens with zero attached hydrogens (tertiary/aromatic N) is 1. The van der Waals surface area contributed by atoms with Crippen LogP contribution >= 0.6 is 43.6 Å². The molecule has 1 atom stereocenters. The first-order chi connectivity index (χ1) is 20.7. The van der Waals surface area contributed by atoms with Crippen LogP contribution in [0.4, 0.5) is 15.8 Å². The molecule has 11 heteroatoms. The Morgan fingerprint density at radius 3 is 2.35 bits per heavy atom. The highest BCUT2D eigenvalue weighted by Crippen LogP contribution is 2.35. The molecule has 4 aromatic rings. The van der Waals surface area contributed by atoms with Gasteiger partial charge in [0.1, 0.15) is 11.5 Å². The van der Waals surface area contributed by atoms with Crippen LogP contribution in [0.5, 0.6) is 0 Å². The quantitative estimate of drug-likeness (QED) is 0.148. The lowest BCUT2D eigenvalue weighted by molar-refractivity contribution is -0.121. The van der Waals surface area contributed by atoms with Crippen molar-refractivity contribution in [3.05, 3.63) is 129 Å². The van der Waals surface area contributed by atoms with Gasteiger partial charge in [0.15, 0.2) is 0 Å². The number of carbonyl (C=O) groups excluding carboxylic acids is 4. The number of benzene rings is 4. The number of carbonyl (C=O) groups is 4. The maximum atomic E-state index is 14.6. The summed E-state index contributed by atoms with van der Waals surface area (Å²) in [6.07, 6.45) is 1.29.